The molecule has 1 fully saturated rings. The molecule has 3 rings (SSSR count). The molecule has 0 bridgehead atoms. The third kappa shape index (κ3) is 5.82. The number of para-hydroxylation sites is 1. The van der Waals surface area contributed by atoms with E-state index in [1.54, 1.807) is 39.0 Å². The van der Waals surface area contributed by atoms with Gasteiger partial charge >= 0.3 is 12.1 Å². The van der Waals surface area contributed by atoms with E-state index < -0.39 is 40.5 Å². The van der Waals surface area contributed by atoms with Crippen LogP contribution >= 0.6 is 0 Å². The summed E-state index contributed by atoms with van der Waals surface area (Å²) in [5.41, 5.74) is 2.49. The van der Waals surface area contributed by atoms with Crippen LogP contribution in [0.25, 0.3) is 0 Å². The Labute approximate surface area is 188 Å². The van der Waals surface area contributed by atoms with Crippen molar-refractivity contribution in [3.05, 3.63) is 59.7 Å². The standard InChI is InChI=1S/C23H24F3N3O4/c1-21(2,3)33-20(32)22(12-13-22)19(31)29-28-18(30)16-6-4-5-7-17(16)27-15-10-8-14(9-11-15)23(24,25)26/h4-11,27H,12-13H2,1-3H3,(H,28,30)(H,29,31). The van der Waals surface area contributed by atoms with Gasteiger partial charge in [0.15, 0.2) is 0 Å². The van der Waals surface area contributed by atoms with E-state index in [9.17, 15) is 27.6 Å². The number of amides is 2. The van der Waals surface area contributed by atoms with Gasteiger partial charge in [-0.15, -0.1) is 0 Å². The minimum absolute atomic E-state index is 0.139. The lowest BCUT2D eigenvalue weighted by Gasteiger charge is -2.23. The lowest BCUT2D eigenvalue weighted by molar-refractivity contribution is -0.164. The molecule has 7 nitrogen and oxygen atoms in total. The summed E-state index contributed by atoms with van der Waals surface area (Å²) in [4.78, 5) is 37.6. The Kier molecular flexibility index (Phi) is 6.40. The second-order valence-electron chi connectivity index (χ2n) is 8.74. The Morgan fingerprint density at radius 1 is 0.909 bits per heavy atom. The molecule has 0 aliphatic heterocycles. The first kappa shape index (κ1) is 24.1. The molecule has 0 saturated heterocycles. The fourth-order valence-electron chi connectivity index (χ4n) is 3.01. The molecule has 176 valence electrons. The van der Waals surface area contributed by atoms with Gasteiger partial charge in [-0.2, -0.15) is 13.2 Å². The van der Waals surface area contributed by atoms with E-state index >= 15 is 0 Å². The number of carbonyl (C=O) groups excluding carboxylic acids is 3. The van der Waals surface area contributed by atoms with Crippen LogP contribution in [-0.2, 0) is 20.5 Å². The van der Waals surface area contributed by atoms with Gasteiger partial charge in [0.25, 0.3) is 11.8 Å². The van der Waals surface area contributed by atoms with E-state index in [0.717, 1.165) is 12.1 Å². The number of ether oxygens (including phenoxy) is 1. The highest BCUT2D eigenvalue weighted by Crippen LogP contribution is 2.47. The summed E-state index contributed by atoms with van der Waals surface area (Å²) in [6.07, 6.45) is -3.82. The molecule has 0 heterocycles. The molecule has 1 aliphatic carbocycles. The van der Waals surface area contributed by atoms with Crippen molar-refractivity contribution in [2.75, 3.05) is 5.32 Å². The fraction of sp³-hybridized carbons (Fsp3) is 0.348. The zero-order valence-corrected chi connectivity index (χ0v) is 18.3. The number of benzene rings is 2. The number of esters is 1. The molecule has 33 heavy (non-hydrogen) atoms. The highest BCUT2D eigenvalue weighted by atomic mass is 19.4. The van der Waals surface area contributed by atoms with Gasteiger partial charge in [0.1, 0.15) is 11.0 Å². The Bertz CT molecular complexity index is 1060. The summed E-state index contributed by atoms with van der Waals surface area (Å²) in [5, 5.41) is 2.89. The zero-order chi connectivity index (χ0) is 24.4. The lowest BCUT2D eigenvalue weighted by atomic mass is 10.1. The summed E-state index contributed by atoms with van der Waals surface area (Å²) >= 11 is 0. The molecule has 1 saturated carbocycles. The molecule has 3 N–H and O–H groups in total. The van der Waals surface area contributed by atoms with Crippen molar-refractivity contribution in [3.8, 4) is 0 Å². The minimum Gasteiger partial charge on any atom is -0.459 e. The van der Waals surface area contributed by atoms with Gasteiger partial charge < -0.3 is 10.1 Å². The van der Waals surface area contributed by atoms with Crippen LogP contribution < -0.4 is 16.2 Å². The highest BCUT2D eigenvalue weighted by Gasteiger charge is 2.59. The van der Waals surface area contributed by atoms with Crippen LogP contribution in [-0.4, -0.2) is 23.4 Å². The van der Waals surface area contributed by atoms with Crippen LogP contribution in [0, 0.1) is 5.41 Å². The van der Waals surface area contributed by atoms with Crippen molar-refractivity contribution in [2.45, 2.75) is 45.4 Å². The van der Waals surface area contributed by atoms with Crippen LogP contribution in [0.2, 0.25) is 0 Å². The molecule has 10 heteroatoms. The molecule has 0 spiro atoms. The Balaban J connectivity index is 1.66. The first-order chi connectivity index (χ1) is 15.3. The molecule has 0 radical (unpaired) electrons. The predicted molar refractivity (Wildman–Crippen MR) is 114 cm³/mol. The van der Waals surface area contributed by atoms with Gasteiger partial charge in [-0.3, -0.25) is 25.2 Å². The normalized spacial score (nSPS) is 14.7. The third-order valence-corrected chi connectivity index (χ3v) is 4.93. The molecule has 2 amide bonds. The summed E-state index contributed by atoms with van der Waals surface area (Å²) in [6, 6.07) is 10.6. The van der Waals surface area contributed by atoms with Crippen LogP contribution in [0.4, 0.5) is 24.5 Å². The van der Waals surface area contributed by atoms with E-state index in [0.29, 0.717) is 24.2 Å². The van der Waals surface area contributed by atoms with Crippen LogP contribution in [0.5, 0.6) is 0 Å². The van der Waals surface area contributed by atoms with Crippen molar-refractivity contribution < 1.29 is 32.3 Å². The van der Waals surface area contributed by atoms with E-state index in [2.05, 4.69) is 16.2 Å². The maximum Gasteiger partial charge on any atom is 0.416 e. The number of halogens is 3. The van der Waals surface area contributed by atoms with E-state index in [4.69, 9.17) is 4.74 Å². The predicted octanol–water partition coefficient (Wildman–Crippen LogP) is 4.33. The molecule has 1 aliphatic rings. The van der Waals surface area contributed by atoms with Gasteiger partial charge in [-0.1, -0.05) is 12.1 Å². The van der Waals surface area contributed by atoms with Gasteiger partial charge in [0, 0.05) is 5.69 Å². The summed E-state index contributed by atoms with van der Waals surface area (Å²) in [7, 11) is 0. The van der Waals surface area contributed by atoms with Gasteiger partial charge in [-0.05, 0) is 70.0 Å². The maximum absolute atomic E-state index is 12.7. The van der Waals surface area contributed by atoms with Gasteiger partial charge in [0.2, 0.25) is 0 Å². The number of carbonyl (C=O) groups is 3. The first-order valence-corrected chi connectivity index (χ1v) is 10.2. The van der Waals surface area contributed by atoms with Crippen molar-refractivity contribution in [2.24, 2.45) is 5.41 Å². The molecular formula is C23H24F3N3O4. The number of alkyl halides is 3. The van der Waals surface area contributed by atoms with E-state index in [1.807, 2.05) is 0 Å². The Morgan fingerprint density at radius 2 is 1.52 bits per heavy atom. The molecule has 2 aromatic carbocycles. The average molecular weight is 463 g/mol. The number of rotatable bonds is 5. The van der Waals surface area contributed by atoms with Crippen molar-refractivity contribution in [1.82, 2.24) is 10.9 Å². The van der Waals surface area contributed by atoms with E-state index in [-0.39, 0.29) is 5.56 Å². The number of hydrogen-bond donors (Lipinski definition) is 3. The molecule has 0 atom stereocenters. The maximum atomic E-state index is 12.7. The highest BCUT2D eigenvalue weighted by molar-refractivity contribution is 6.07. The average Bonchev–Trinajstić information content (AvgIpc) is 3.53. The largest absolute Gasteiger partial charge is 0.459 e. The molecule has 2 aromatic rings. The topological polar surface area (TPSA) is 96.5 Å². The number of nitrogens with one attached hydrogen (secondary N) is 3. The van der Waals surface area contributed by atoms with Crippen LogP contribution in [0.15, 0.2) is 48.5 Å². The second kappa shape index (κ2) is 8.76. The smallest absolute Gasteiger partial charge is 0.416 e. The molecule has 0 aromatic heterocycles. The minimum atomic E-state index is -4.45. The van der Waals surface area contributed by atoms with Crippen molar-refractivity contribution >= 4 is 29.2 Å². The number of hydrogen-bond acceptors (Lipinski definition) is 5. The van der Waals surface area contributed by atoms with Crippen LogP contribution in [0.3, 0.4) is 0 Å². The fourth-order valence-corrected chi connectivity index (χ4v) is 3.01. The molecular weight excluding hydrogens is 439 g/mol. The Morgan fingerprint density at radius 3 is 2.06 bits per heavy atom. The van der Waals surface area contributed by atoms with Gasteiger partial charge in [-0.25, -0.2) is 0 Å². The number of hydrazine groups is 1. The quantitative estimate of drug-likeness (QED) is 0.348. The third-order valence-electron chi connectivity index (χ3n) is 4.93. The SMILES string of the molecule is CC(C)(C)OC(=O)C1(C(=O)NNC(=O)c2ccccc2Nc2ccc(C(F)(F)F)cc2)CC1. The number of anilines is 2. The first-order valence-electron chi connectivity index (χ1n) is 10.2. The zero-order valence-electron chi connectivity index (χ0n) is 18.3. The summed E-state index contributed by atoms with van der Waals surface area (Å²) in [5.74, 6) is -1.98. The van der Waals surface area contributed by atoms with Crippen molar-refractivity contribution in [1.29, 1.82) is 0 Å². The van der Waals surface area contributed by atoms with Gasteiger partial charge in [0.05, 0.1) is 16.8 Å². The summed E-state index contributed by atoms with van der Waals surface area (Å²) in [6.45, 7) is 5.09. The second-order valence-corrected chi connectivity index (χ2v) is 8.74. The van der Waals surface area contributed by atoms with E-state index in [1.165, 1.54) is 18.2 Å². The summed E-state index contributed by atoms with van der Waals surface area (Å²) < 4.78 is 43.5. The molecule has 0 unspecified atom stereocenters. The monoisotopic (exact) mass is 463 g/mol. The van der Waals surface area contributed by atoms with Crippen molar-refractivity contribution in [3.63, 3.8) is 0 Å². The van der Waals surface area contributed by atoms with Crippen LogP contribution in [0.1, 0.15) is 49.5 Å². The Hall–Kier alpha value is -3.56. The lowest BCUT2D eigenvalue weighted by Crippen LogP contribution is -2.48.